The lowest BCUT2D eigenvalue weighted by atomic mass is 10.2. The smallest absolute Gasteiger partial charge is 0.282 e. The molecule has 0 saturated heterocycles. The fraction of sp³-hybridized carbons (Fsp3) is 0.0526. The molecular formula is C19H17O3PS. The van der Waals surface area contributed by atoms with Crippen molar-refractivity contribution < 1.29 is 13.0 Å². The zero-order valence-corrected chi connectivity index (χ0v) is 14.8. The van der Waals surface area contributed by atoms with Crippen LogP contribution in [0.25, 0.3) is 0 Å². The van der Waals surface area contributed by atoms with Gasteiger partial charge in [0.05, 0.1) is 4.90 Å². The first-order chi connectivity index (χ1) is 11.5. The molecule has 0 aliphatic rings. The molecule has 0 unspecified atom stereocenters. The highest BCUT2D eigenvalue weighted by Crippen LogP contribution is 2.33. The zero-order valence-electron chi connectivity index (χ0n) is 13.1. The van der Waals surface area contributed by atoms with Gasteiger partial charge < -0.3 is 0 Å². The molecule has 0 aliphatic carbocycles. The quantitative estimate of drug-likeness (QED) is 0.578. The van der Waals surface area contributed by atoms with E-state index in [1.807, 2.05) is 66.7 Å². The lowest BCUT2D eigenvalue weighted by molar-refractivity contribution is 0.482. The number of aryl methyl sites for hydroxylation is 1. The van der Waals surface area contributed by atoms with Crippen LogP contribution in [0.2, 0.25) is 0 Å². The predicted octanol–water partition coefficient (Wildman–Crippen LogP) is 3.00. The Labute approximate surface area is 143 Å². The third kappa shape index (κ3) is 3.57. The number of hydrogen-bond acceptors (Lipinski definition) is 2. The molecule has 1 N–H and O–H groups in total. The Hall–Kier alpha value is -2.00. The van der Waals surface area contributed by atoms with Crippen LogP contribution in [0.15, 0.2) is 83.8 Å². The molecule has 0 fully saturated rings. The van der Waals surface area contributed by atoms with Gasteiger partial charge in [-0.3, -0.25) is 4.55 Å². The van der Waals surface area contributed by atoms with Crippen molar-refractivity contribution in [2.24, 2.45) is 0 Å². The van der Waals surface area contributed by atoms with Crippen molar-refractivity contribution in [3.05, 3.63) is 84.4 Å². The van der Waals surface area contributed by atoms with Crippen LogP contribution in [-0.4, -0.2) is 13.0 Å². The van der Waals surface area contributed by atoms with Gasteiger partial charge in [0.1, 0.15) is 0 Å². The minimum absolute atomic E-state index is 0.0284. The molecule has 3 rings (SSSR count). The molecule has 0 heterocycles. The summed E-state index contributed by atoms with van der Waals surface area (Å²) in [5.41, 5.74) is 0.539. The van der Waals surface area contributed by atoms with E-state index < -0.39 is 18.0 Å². The van der Waals surface area contributed by atoms with E-state index in [1.54, 1.807) is 19.1 Å². The van der Waals surface area contributed by atoms with Gasteiger partial charge in [0, 0.05) is 0 Å². The third-order valence-corrected chi connectivity index (χ3v) is 7.16. The van der Waals surface area contributed by atoms with Gasteiger partial charge in [-0.05, 0) is 42.4 Å². The molecule has 0 amide bonds. The van der Waals surface area contributed by atoms with Crippen molar-refractivity contribution in [3.63, 3.8) is 0 Å². The molecule has 0 aliphatic heterocycles. The highest BCUT2D eigenvalue weighted by atomic mass is 32.2. The maximum absolute atomic E-state index is 11.7. The van der Waals surface area contributed by atoms with Crippen LogP contribution >= 0.6 is 7.92 Å². The van der Waals surface area contributed by atoms with Gasteiger partial charge in [0.2, 0.25) is 0 Å². The van der Waals surface area contributed by atoms with E-state index in [0.717, 1.165) is 15.9 Å². The van der Waals surface area contributed by atoms with Gasteiger partial charge in [0.15, 0.2) is 0 Å². The van der Waals surface area contributed by atoms with Gasteiger partial charge in [-0.1, -0.05) is 72.8 Å². The Bertz CT molecular complexity index is 899. The average Bonchev–Trinajstić information content (AvgIpc) is 2.57. The predicted molar refractivity (Wildman–Crippen MR) is 99.7 cm³/mol. The summed E-state index contributed by atoms with van der Waals surface area (Å²) in [7, 11) is -5.14. The SMILES string of the molecule is Cc1ccc(P(c2ccccc2)c2ccccc2)cc1S(=O)(=O)O. The van der Waals surface area contributed by atoms with Crippen molar-refractivity contribution in [1.29, 1.82) is 0 Å². The molecule has 3 aromatic rings. The summed E-state index contributed by atoms with van der Waals surface area (Å²) in [6.07, 6.45) is 0. The van der Waals surface area contributed by atoms with E-state index in [4.69, 9.17) is 0 Å². The first-order valence-corrected chi connectivity index (χ1v) is 10.2. The molecule has 0 spiro atoms. The van der Waals surface area contributed by atoms with Crippen molar-refractivity contribution in [2.45, 2.75) is 11.8 Å². The molecule has 5 heteroatoms. The molecular weight excluding hydrogens is 339 g/mol. The first-order valence-electron chi connectivity index (χ1n) is 7.45. The lowest BCUT2D eigenvalue weighted by Crippen LogP contribution is -2.21. The van der Waals surface area contributed by atoms with Crippen molar-refractivity contribution in [1.82, 2.24) is 0 Å². The van der Waals surface area contributed by atoms with Gasteiger partial charge in [-0.25, -0.2) is 0 Å². The van der Waals surface area contributed by atoms with Crippen LogP contribution in [0.1, 0.15) is 5.56 Å². The summed E-state index contributed by atoms with van der Waals surface area (Å²) in [6, 6.07) is 25.3. The monoisotopic (exact) mass is 356 g/mol. The van der Waals surface area contributed by atoms with Crippen molar-refractivity contribution in [3.8, 4) is 0 Å². The molecule has 122 valence electrons. The molecule has 3 aromatic carbocycles. The van der Waals surface area contributed by atoms with E-state index in [1.165, 1.54) is 0 Å². The summed E-state index contributed by atoms with van der Waals surface area (Å²) in [5, 5.41) is 3.15. The van der Waals surface area contributed by atoms with Crippen molar-refractivity contribution >= 4 is 34.0 Å². The molecule has 0 atom stereocenters. The van der Waals surface area contributed by atoms with E-state index in [0.29, 0.717) is 5.56 Å². The van der Waals surface area contributed by atoms with E-state index in [9.17, 15) is 13.0 Å². The topological polar surface area (TPSA) is 54.4 Å². The Morgan fingerprint density at radius 3 is 1.71 bits per heavy atom. The number of benzene rings is 3. The van der Waals surface area contributed by atoms with Crippen LogP contribution in [0.4, 0.5) is 0 Å². The van der Waals surface area contributed by atoms with Gasteiger partial charge in [0.25, 0.3) is 10.1 Å². The van der Waals surface area contributed by atoms with Crippen LogP contribution in [0, 0.1) is 6.92 Å². The number of rotatable bonds is 4. The highest BCUT2D eigenvalue weighted by Gasteiger charge is 2.20. The van der Waals surface area contributed by atoms with E-state index in [-0.39, 0.29) is 4.90 Å². The van der Waals surface area contributed by atoms with Crippen LogP contribution < -0.4 is 15.9 Å². The largest absolute Gasteiger partial charge is 0.294 e. The Balaban J connectivity index is 2.21. The maximum Gasteiger partial charge on any atom is 0.294 e. The fourth-order valence-corrected chi connectivity index (χ4v) is 5.76. The second kappa shape index (κ2) is 6.86. The minimum atomic E-state index is -4.24. The average molecular weight is 356 g/mol. The van der Waals surface area contributed by atoms with Gasteiger partial charge >= 0.3 is 0 Å². The van der Waals surface area contributed by atoms with Crippen LogP contribution in [0.5, 0.6) is 0 Å². The van der Waals surface area contributed by atoms with E-state index in [2.05, 4.69) is 0 Å². The molecule has 0 aromatic heterocycles. The second-order valence-electron chi connectivity index (χ2n) is 5.43. The summed E-state index contributed by atoms with van der Waals surface area (Å²) in [5.74, 6) is 0. The summed E-state index contributed by atoms with van der Waals surface area (Å²) in [4.78, 5) is -0.0284. The normalized spacial score (nSPS) is 11.6. The summed E-state index contributed by atoms with van der Waals surface area (Å²) >= 11 is 0. The van der Waals surface area contributed by atoms with Crippen molar-refractivity contribution in [2.75, 3.05) is 0 Å². The number of hydrogen-bond donors (Lipinski definition) is 1. The Kier molecular flexibility index (Phi) is 4.81. The van der Waals surface area contributed by atoms with Crippen LogP contribution in [0.3, 0.4) is 0 Å². The fourth-order valence-electron chi connectivity index (χ4n) is 2.61. The Morgan fingerprint density at radius 1 is 0.750 bits per heavy atom. The molecule has 24 heavy (non-hydrogen) atoms. The lowest BCUT2D eigenvalue weighted by Gasteiger charge is -2.20. The zero-order chi connectivity index (χ0) is 17.2. The van der Waals surface area contributed by atoms with Crippen LogP contribution in [-0.2, 0) is 10.1 Å². The third-order valence-electron chi connectivity index (χ3n) is 3.74. The summed E-state index contributed by atoms with van der Waals surface area (Å²) < 4.78 is 32.8. The van der Waals surface area contributed by atoms with Gasteiger partial charge in [-0.2, -0.15) is 8.42 Å². The maximum atomic E-state index is 11.7. The highest BCUT2D eigenvalue weighted by molar-refractivity contribution is 7.86. The van der Waals surface area contributed by atoms with E-state index >= 15 is 0 Å². The van der Waals surface area contributed by atoms with Gasteiger partial charge in [-0.15, -0.1) is 0 Å². The Morgan fingerprint density at radius 2 is 1.25 bits per heavy atom. The minimum Gasteiger partial charge on any atom is -0.282 e. The molecule has 0 bridgehead atoms. The molecule has 0 saturated carbocycles. The molecule has 0 radical (unpaired) electrons. The summed E-state index contributed by atoms with van der Waals surface area (Å²) in [6.45, 7) is 1.68. The molecule has 3 nitrogen and oxygen atoms in total. The second-order valence-corrected chi connectivity index (χ2v) is 9.04. The standard InChI is InChI=1S/C19H17O3PS/c1-15-12-13-18(14-19(15)24(20,21)22)23(16-8-4-2-5-9-16)17-10-6-3-7-11-17/h2-14H,1H3,(H,20,21,22). The first kappa shape index (κ1) is 16.8.